The van der Waals surface area contributed by atoms with Crippen LogP contribution in [0, 0.1) is 5.82 Å². The number of carbonyl (C=O) groups excluding carboxylic acids is 1. The largest absolute Gasteiger partial charge is 0.337 e. The van der Waals surface area contributed by atoms with Crippen LogP contribution in [0.4, 0.5) is 4.39 Å². The van der Waals surface area contributed by atoms with Crippen LogP contribution in [0.15, 0.2) is 12.3 Å². The second-order valence-corrected chi connectivity index (χ2v) is 5.26. The van der Waals surface area contributed by atoms with Gasteiger partial charge in [0.2, 0.25) is 0 Å². The third-order valence-corrected chi connectivity index (χ3v) is 4.12. The molecule has 6 heteroatoms. The molecule has 1 aromatic heterocycles. The van der Waals surface area contributed by atoms with Crippen molar-refractivity contribution in [2.75, 3.05) is 26.2 Å². The molecule has 0 aromatic carbocycles. The predicted molar refractivity (Wildman–Crippen MR) is 76.4 cm³/mol. The highest BCUT2D eigenvalue weighted by Gasteiger charge is 2.30. The summed E-state index contributed by atoms with van der Waals surface area (Å²) in [6, 6.07) is 1.52. The summed E-state index contributed by atoms with van der Waals surface area (Å²) in [6.45, 7) is 7.49. The fourth-order valence-electron chi connectivity index (χ4n) is 2.71. The molecule has 1 atom stereocenters. The third-order valence-electron chi connectivity index (χ3n) is 3.82. The van der Waals surface area contributed by atoms with Crippen LogP contribution in [0.25, 0.3) is 0 Å². The van der Waals surface area contributed by atoms with Gasteiger partial charge >= 0.3 is 0 Å². The zero-order valence-corrected chi connectivity index (χ0v) is 12.5. The molecular weight excluding hydrogens is 281 g/mol. The Morgan fingerprint density at radius 1 is 1.55 bits per heavy atom. The summed E-state index contributed by atoms with van der Waals surface area (Å²) >= 11 is 5.89. The fourth-order valence-corrected chi connectivity index (χ4v) is 2.89. The number of carbonyl (C=O) groups is 1. The van der Waals surface area contributed by atoms with Crippen LogP contribution in [0.1, 0.15) is 30.6 Å². The number of halogens is 2. The van der Waals surface area contributed by atoms with Gasteiger partial charge in [0, 0.05) is 19.1 Å². The molecule has 1 saturated heterocycles. The van der Waals surface area contributed by atoms with Gasteiger partial charge in [-0.1, -0.05) is 25.4 Å². The lowest BCUT2D eigenvalue weighted by Gasteiger charge is -2.26. The topological polar surface area (TPSA) is 36.4 Å². The molecule has 2 heterocycles. The van der Waals surface area contributed by atoms with Gasteiger partial charge in [0.1, 0.15) is 11.0 Å². The first kappa shape index (κ1) is 15.2. The number of likely N-dealkylation sites (N-methyl/N-ethyl adjacent to an activating group) is 1. The van der Waals surface area contributed by atoms with E-state index in [1.807, 2.05) is 0 Å². The molecule has 1 unspecified atom stereocenters. The number of likely N-dealkylation sites (tertiary alicyclic amines) is 1. The van der Waals surface area contributed by atoms with Gasteiger partial charge in [0.05, 0.1) is 11.8 Å². The standard InChI is InChI=1S/C14H19ClFN3O/c1-3-18(4-2)11-5-6-19(9-11)14(20)12-7-10(16)8-17-13(12)15/h7-8,11H,3-6,9H2,1-2H3. The SMILES string of the molecule is CCN(CC)C1CCN(C(=O)c2cc(F)cnc2Cl)C1. The highest BCUT2D eigenvalue weighted by atomic mass is 35.5. The van der Waals surface area contributed by atoms with Gasteiger partial charge in [0.25, 0.3) is 5.91 Å². The smallest absolute Gasteiger partial charge is 0.257 e. The molecule has 1 fully saturated rings. The average Bonchev–Trinajstić information content (AvgIpc) is 2.92. The van der Waals surface area contributed by atoms with Crippen LogP contribution >= 0.6 is 11.6 Å². The Labute approximate surface area is 123 Å². The van der Waals surface area contributed by atoms with Gasteiger partial charge < -0.3 is 4.90 Å². The summed E-state index contributed by atoms with van der Waals surface area (Å²) in [4.78, 5) is 20.1. The number of hydrogen-bond donors (Lipinski definition) is 0. The van der Waals surface area contributed by atoms with Crippen molar-refractivity contribution < 1.29 is 9.18 Å². The molecule has 0 aliphatic carbocycles. The molecule has 110 valence electrons. The Hall–Kier alpha value is -1.20. The summed E-state index contributed by atoms with van der Waals surface area (Å²) in [5, 5.41) is 0.0580. The maximum Gasteiger partial charge on any atom is 0.257 e. The summed E-state index contributed by atoms with van der Waals surface area (Å²) < 4.78 is 13.2. The Balaban J connectivity index is 2.10. The molecule has 1 aliphatic heterocycles. The first-order valence-electron chi connectivity index (χ1n) is 6.91. The molecule has 0 spiro atoms. The van der Waals surface area contributed by atoms with Crippen molar-refractivity contribution in [1.29, 1.82) is 0 Å². The molecule has 0 radical (unpaired) electrons. The van der Waals surface area contributed by atoms with Crippen molar-refractivity contribution in [3.8, 4) is 0 Å². The van der Waals surface area contributed by atoms with Crippen molar-refractivity contribution in [2.45, 2.75) is 26.3 Å². The molecule has 0 N–H and O–H groups in total. The fraction of sp³-hybridized carbons (Fsp3) is 0.571. The van der Waals surface area contributed by atoms with Crippen LogP contribution in [-0.4, -0.2) is 52.9 Å². The van der Waals surface area contributed by atoms with Crippen molar-refractivity contribution >= 4 is 17.5 Å². The van der Waals surface area contributed by atoms with Gasteiger partial charge in [0.15, 0.2) is 0 Å². The van der Waals surface area contributed by atoms with E-state index < -0.39 is 5.82 Å². The lowest BCUT2D eigenvalue weighted by atomic mass is 10.2. The zero-order valence-electron chi connectivity index (χ0n) is 11.8. The van der Waals surface area contributed by atoms with Crippen LogP contribution < -0.4 is 0 Å². The predicted octanol–water partition coefficient (Wildman–Crippen LogP) is 2.43. The molecule has 1 aromatic rings. The van der Waals surface area contributed by atoms with Gasteiger partial charge in [-0.25, -0.2) is 9.37 Å². The highest BCUT2D eigenvalue weighted by Crippen LogP contribution is 2.21. The second kappa shape index (κ2) is 6.50. The first-order chi connectivity index (χ1) is 9.56. The van der Waals surface area contributed by atoms with E-state index in [0.717, 1.165) is 31.8 Å². The molecule has 2 rings (SSSR count). The third kappa shape index (κ3) is 3.10. The highest BCUT2D eigenvalue weighted by molar-refractivity contribution is 6.32. The van der Waals surface area contributed by atoms with Crippen LogP contribution in [0.3, 0.4) is 0 Å². The lowest BCUT2D eigenvalue weighted by Crippen LogP contribution is -2.38. The number of rotatable bonds is 4. The van der Waals surface area contributed by atoms with Gasteiger partial charge in [-0.05, 0) is 25.6 Å². The quantitative estimate of drug-likeness (QED) is 0.801. The Kier molecular flexibility index (Phi) is 4.94. The van der Waals surface area contributed by atoms with E-state index in [1.165, 1.54) is 0 Å². The lowest BCUT2D eigenvalue weighted by molar-refractivity contribution is 0.0777. The van der Waals surface area contributed by atoms with Crippen molar-refractivity contribution in [1.82, 2.24) is 14.8 Å². The zero-order chi connectivity index (χ0) is 14.7. The monoisotopic (exact) mass is 299 g/mol. The minimum absolute atomic E-state index is 0.0580. The van der Waals surface area contributed by atoms with E-state index in [9.17, 15) is 9.18 Å². The molecule has 1 amide bonds. The molecule has 4 nitrogen and oxygen atoms in total. The maximum absolute atomic E-state index is 13.2. The second-order valence-electron chi connectivity index (χ2n) is 4.91. The molecule has 20 heavy (non-hydrogen) atoms. The summed E-state index contributed by atoms with van der Waals surface area (Å²) in [7, 11) is 0. The van der Waals surface area contributed by atoms with Crippen molar-refractivity contribution in [2.24, 2.45) is 0 Å². The number of nitrogens with zero attached hydrogens (tertiary/aromatic N) is 3. The van der Waals surface area contributed by atoms with E-state index in [2.05, 4.69) is 23.7 Å². The van der Waals surface area contributed by atoms with Crippen molar-refractivity contribution in [3.05, 3.63) is 28.8 Å². The number of amides is 1. The maximum atomic E-state index is 13.2. The molecule has 0 bridgehead atoms. The van der Waals surface area contributed by atoms with Crippen molar-refractivity contribution in [3.63, 3.8) is 0 Å². The molecule has 0 saturated carbocycles. The minimum atomic E-state index is -0.544. The average molecular weight is 300 g/mol. The van der Waals surface area contributed by atoms with Crippen LogP contribution in [0.2, 0.25) is 5.15 Å². The van der Waals surface area contributed by atoms with Crippen LogP contribution in [0.5, 0.6) is 0 Å². The normalized spacial score (nSPS) is 18.9. The van der Waals surface area contributed by atoms with E-state index in [-0.39, 0.29) is 16.6 Å². The molecular formula is C14H19ClFN3O. The van der Waals surface area contributed by atoms with E-state index in [4.69, 9.17) is 11.6 Å². The van der Waals surface area contributed by atoms with E-state index in [1.54, 1.807) is 4.90 Å². The Morgan fingerprint density at radius 2 is 2.25 bits per heavy atom. The van der Waals surface area contributed by atoms with Gasteiger partial charge in [-0.2, -0.15) is 0 Å². The van der Waals surface area contributed by atoms with Crippen LogP contribution in [-0.2, 0) is 0 Å². The number of pyridine rings is 1. The Bertz CT molecular complexity index is 493. The van der Waals surface area contributed by atoms with E-state index >= 15 is 0 Å². The van der Waals surface area contributed by atoms with Gasteiger partial charge in [-0.3, -0.25) is 9.69 Å². The summed E-state index contributed by atoms with van der Waals surface area (Å²) in [6.07, 6.45) is 1.95. The summed E-state index contributed by atoms with van der Waals surface area (Å²) in [5.41, 5.74) is 0.145. The Morgan fingerprint density at radius 3 is 2.90 bits per heavy atom. The number of hydrogen-bond acceptors (Lipinski definition) is 3. The minimum Gasteiger partial charge on any atom is -0.337 e. The first-order valence-corrected chi connectivity index (χ1v) is 7.29. The summed E-state index contributed by atoms with van der Waals surface area (Å²) in [5.74, 6) is -0.783. The number of aromatic nitrogens is 1. The van der Waals surface area contributed by atoms with Gasteiger partial charge in [-0.15, -0.1) is 0 Å². The van der Waals surface area contributed by atoms with E-state index in [0.29, 0.717) is 19.1 Å². The molecule has 1 aliphatic rings.